The lowest BCUT2D eigenvalue weighted by Crippen LogP contribution is -1.94. The molecule has 0 aromatic carbocycles. The van der Waals surface area contributed by atoms with E-state index in [4.69, 9.17) is 0 Å². The van der Waals surface area contributed by atoms with Crippen LogP contribution in [0.3, 0.4) is 0 Å². The first-order valence-electron chi connectivity index (χ1n) is 3.79. The maximum Gasteiger partial charge on any atom is 0.185 e. The number of hydrogen-bond donors (Lipinski definition) is 0. The van der Waals surface area contributed by atoms with E-state index in [0.717, 1.165) is 5.57 Å². The molecule has 0 aliphatic rings. The number of nitrogens with zero attached hydrogens (tertiary/aromatic N) is 1. The van der Waals surface area contributed by atoms with Crippen molar-refractivity contribution in [2.45, 2.75) is 13.8 Å². The van der Waals surface area contributed by atoms with Crippen LogP contribution < -0.4 is 0 Å². The molecule has 1 aromatic heterocycles. The minimum absolute atomic E-state index is 0.0393. The summed E-state index contributed by atoms with van der Waals surface area (Å²) < 4.78 is 0. The molecule has 0 radical (unpaired) electrons. The van der Waals surface area contributed by atoms with Crippen LogP contribution in [0, 0.1) is 0 Å². The van der Waals surface area contributed by atoms with Crippen LogP contribution in [-0.4, -0.2) is 10.8 Å². The topological polar surface area (TPSA) is 30.0 Å². The smallest absolute Gasteiger partial charge is 0.185 e. The van der Waals surface area contributed by atoms with Crippen molar-refractivity contribution >= 4 is 5.78 Å². The molecule has 1 aromatic rings. The van der Waals surface area contributed by atoms with Gasteiger partial charge < -0.3 is 0 Å². The van der Waals surface area contributed by atoms with Crippen LogP contribution in [-0.2, 0) is 0 Å². The first-order chi connectivity index (χ1) is 5.70. The van der Waals surface area contributed by atoms with Crippen molar-refractivity contribution in [3.05, 3.63) is 41.7 Å². The van der Waals surface area contributed by atoms with E-state index in [1.54, 1.807) is 30.6 Å². The van der Waals surface area contributed by atoms with Crippen LogP contribution in [0.5, 0.6) is 0 Å². The van der Waals surface area contributed by atoms with E-state index in [9.17, 15) is 4.79 Å². The molecular formula is C10H11NO. The highest BCUT2D eigenvalue weighted by Gasteiger charge is 1.99. The third kappa shape index (κ3) is 2.31. The van der Waals surface area contributed by atoms with E-state index in [-0.39, 0.29) is 5.78 Å². The molecular weight excluding hydrogens is 150 g/mol. The van der Waals surface area contributed by atoms with Crippen molar-refractivity contribution in [2.24, 2.45) is 0 Å². The number of allylic oxidation sites excluding steroid dienone is 2. The Morgan fingerprint density at radius 2 is 1.92 bits per heavy atom. The fourth-order valence-corrected chi connectivity index (χ4v) is 0.862. The summed E-state index contributed by atoms with van der Waals surface area (Å²) in [5.41, 5.74) is 1.70. The van der Waals surface area contributed by atoms with Crippen LogP contribution in [0.15, 0.2) is 36.2 Å². The summed E-state index contributed by atoms with van der Waals surface area (Å²) in [5, 5.41) is 0. The van der Waals surface area contributed by atoms with Gasteiger partial charge in [0.05, 0.1) is 0 Å². The maximum absolute atomic E-state index is 11.4. The fourth-order valence-electron chi connectivity index (χ4n) is 0.862. The van der Waals surface area contributed by atoms with Gasteiger partial charge in [-0.15, -0.1) is 0 Å². The number of carbonyl (C=O) groups is 1. The molecule has 0 atom stereocenters. The Morgan fingerprint density at radius 1 is 1.33 bits per heavy atom. The Morgan fingerprint density at radius 3 is 2.42 bits per heavy atom. The molecule has 1 rings (SSSR count). The standard InChI is InChI=1S/C10H11NO/c1-8(2)7-10(12)9-3-5-11-6-4-9/h3-7H,1-2H3. The van der Waals surface area contributed by atoms with E-state index in [1.165, 1.54) is 0 Å². The maximum atomic E-state index is 11.4. The minimum Gasteiger partial charge on any atom is -0.289 e. The van der Waals surface area contributed by atoms with Gasteiger partial charge in [-0.25, -0.2) is 0 Å². The molecule has 0 saturated heterocycles. The molecule has 0 amide bonds. The molecule has 0 aliphatic carbocycles. The van der Waals surface area contributed by atoms with Crippen molar-refractivity contribution in [1.29, 1.82) is 0 Å². The average Bonchev–Trinajstić information content (AvgIpc) is 2.05. The quantitative estimate of drug-likeness (QED) is 0.491. The first-order valence-corrected chi connectivity index (χ1v) is 3.79. The lowest BCUT2D eigenvalue weighted by atomic mass is 10.1. The van der Waals surface area contributed by atoms with Gasteiger partial charge in [-0.3, -0.25) is 9.78 Å². The zero-order chi connectivity index (χ0) is 8.97. The van der Waals surface area contributed by atoms with Crippen molar-refractivity contribution in [1.82, 2.24) is 4.98 Å². The van der Waals surface area contributed by atoms with Crippen LogP contribution in [0.4, 0.5) is 0 Å². The predicted octanol–water partition coefficient (Wildman–Crippen LogP) is 2.23. The highest BCUT2D eigenvalue weighted by Crippen LogP contribution is 2.01. The van der Waals surface area contributed by atoms with Crippen LogP contribution in [0.25, 0.3) is 0 Å². The number of rotatable bonds is 2. The first kappa shape index (κ1) is 8.65. The summed E-state index contributed by atoms with van der Waals surface area (Å²) in [6.07, 6.45) is 4.85. The zero-order valence-corrected chi connectivity index (χ0v) is 7.24. The van der Waals surface area contributed by atoms with Gasteiger partial charge in [0.1, 0.15) is 0 Å². The second-order valence-corrected chi connectivity index (χ2v) is 2.82. The van der Waals surface area contributed by atoms with Gasteiger partial charge in [0.2, 0.25) is 0 Å². The van der Waals surface area contributed by atoms with Crippen molar-refractivity contribution in [2.75, 3.05) is 0 Å². The van der Waals surface area contributed by atoms with E-state index < -0.39 is 0 Å². The van der Waals surface area contributed by atoms with E-state index >= 15 is 0 Å². The van der Waals surface area contributed by atoms with Gasteiger partial charge in [0, 0.05) is 18.0 Å². The molecule has 1 heterocycles. The molecule has 0 aliphatic heterocycles. The van der Waals surface area contributed by atoms with Crippen LogP contribution in [0.1, 0.15) is 24.2 Å². The Bertz CT molecular complexity index is 297. The number of carbonyl (C=O) groups excluding carboxylic acids is 1. The Labute approximate surface area is 71.9 Å². The molecule has 2 nitrogen and oxygen atoms in total. The third-order valence-electron chi connectivity index (χ3n) is 1.38. The third-order valence-corrected chi connectivity index (χ3v) is 1.38. The highest BCUT2D eigenvalue weighted by molar-refractivity contribution is 6.04. The number of hydrogen-bond acceptors (Lipinski definition) is 2. The molecule has 0 N–H and O–H groups in total. The van der Waals surface area contributed by atoms with Crippen LogP contribution in [0.2, 0.25) is 0 Å². The fraction of sp³-hybridized carbons (Fsp3) is 0.200. The lowest BCUT2D eigenvalue weighted by molar-refractivity contribution is 0.104. The van der Waals surface area contributed by atoms with Gasteiger partial charge in [0.15, 0.2) is 5.78 Å². The SMILES string of the molecule is CC(C)=CC(=O)c1ccncc1. The van der Waals surface area contributed by atoms with Gasteiger partial charge >= 0.3 is 0 Å². The molecule has 2 heteroatoms. The number of pyridine rings is 1. The molecule has 12 heavy (non-hydrogen) atoms. The molecule has 0 saturated carbocycles. The monoisotopic (exact) mass is 161 g/mol. The van der Waals surface area contributed by atoms with Crippen molar-refractivity contribution < 1.29 is 4.79 Å². The summed E-state index contributed by atoms with van der Waals surface area (Å²) in [6.45, 7) is 3.80. The highest BCUT2D eigenvalue weighted by atomic mass is 16.1. The Balaban J connectivity index is 2.87. The summed E-state index contributed by atoms with van der Waals surface area (Å²) in [5.74, 6) is 0.0393. The summed E-state index contributed by atoms with van der Waals surface area (Å²) >= 11 is 0. The summed E-state index contributed by atoms with van der Waals surface area (Å²) in [4.78, 5) is 15.2. The normalized spacial score (nSPS) is 9.17. The minimum atomic E-state index is 0.0393. The zero-order valence-electron chi connectivity index (χ0n) is 7.24. The molecule has 0 spiro atoms. The van der Waals surface area contributed by atoms with E-state index in [0.29, 0.717) is 5.56 Å². The van der Waals surface area contributed by atoms with Crippen molar-refractivity contribution in [3.8, 4) is 0 Å². The number of aromatic nitrogens is 1. The van der Waals surface area contributed by atoms with E-state index in [2.05, 4.69) is 4.98 Å². The second kappa shape index (κ2) is 3.81. The van der Waals surface area contributed by atoms with Crippen LogP contribution >= 0.6 is 0 Å². The Kier molecular flexibility index (Phi) is 2.75. The largest absolute Gasteiger partial charge is 0.289 e. The average molecular weight is 161 g/mol. The summed E-state index contributed by atoms with van der Waals surface area (Å²) in [7, 11) is 0. The van der Waals surface area contributed by atoms with Gasteiger partial charge in [-0.2, -0.15) is 0 Å². The summed E-state index contributed by atoms with van der Waals surface area (Å²) in [6, 6.07) is 3.42. The molecule has 0 bridgehead atoms. The molecule has 0 fully saturated rings. The Hall–Kier alpha value is -1.44. The second-order valence-electron chi connectivity index (χ2n) is 2.82. The van der Waals surface area contributed by atoms with E-state index in [1.807, 2.05) is 13.8 Å². The van der Waals surface area contributed by atoms with Gasteiger partial charge in [-0.1, -0.05) is 5.57 Å². The van der Waals surface area contributed by atoms with Gasteiger partial charge in [0.25, 0.3) is 0 Å². The lowest BCUT2D eigenvalue weighted by Gasteiger charge is -1.93. The predicted molar refractivity (Wildman–Crippen MR) is 48.0 cm³/mol. The van der Waals surface area contributed by atoms with Gasteiger partial charge in [-0.05, 0) is 32.1 Å². The van der Waals surface area contributed by atoms with Crippen molar-refractivity contribution in [3.63, 3.8) is 0 Å². The molecule has 0 unspecified atom stereocenters. The molecule has 62 valence electrons. The number of ketones is 1.